The molecule has 2 amide bonds. The highest BCUT2D eigenvalue weighted by molar-refractivity contribution is 6.31. The molecular formula is C19H15F4N4O2+. The minimum atomic E-state index is -4.46. The number of benzene rings is 2. The molecule has 0 saturated carbocycles. The number of alkyl halides is 3. The SMILES string of the molecule is O=C1C(=O)[N+](Cc2ccc(C(F)(F)F)cc2)=NC2N1CCN2c1ccc(F)cc1. The summed E-state index contributed by atoms with van der Waals surface area (Å²) in [6.45, 7) is 0.557. The minimum absolute atomic E-state index is 0.135. The van der Waals surface area contributed by atoms with Crippen LogP contribution in [-0.4, -0.2) is 40.8 Å². The van der Waals surface area contributed by atoms with Gasteiger partial charge in [0.1, 0.15) is 5.82 Å². The summed E-state index contributed by atoms with van der Waals surface area (Å²) in [5.74, 6) is -1.98. The van der Waals surface area contributed by atoms with Crippen LogP contribution >= 0.6 is 0 Å². The van der Waals surface area contributed by atoms with Crippen molar-refractivity contribution in [2.75, 3.05) is 18.0 Å². The third-order valence-electron chi connectivity index (χ3n) is 4.83. The smallest absolute Gasteiger partial charge is 0.326 e. The van der Waals surface area contributed by atoms with Crippen LogP contribution in [-0.2, 0) is 22.3 Å². The number of carbonyl (C=O) groups excluding carboxylic acids is 2. The Hall–Kier alpha value is -3.30. The molecule has 150 valence electrons. The van der Waals surface area contributed by atoms with Crippen LogP contribution in [0.25, 0.3) is 0 Å². The van der Waals surface area contributed by atoms with E-state index in [1.165, 1.54) is 29.2 Å². The monoisotopic (exact) mass is 407 g/mol. The molecule has 0 N–H and O–H groups in total. The summed E-state index contributed by atoms with van der Waals surface area (Å²) < 4.78 is 52.3. The molecule has 10 heteroatoms. The Morgan fingerprint density at radius 3 is 2.21 bits per heavy atom. The third-order valence-corrected chi connectivity index (χ3v) is 4.83. The molecular weight excluding hydrogens is 392 g/mol. The van der Waals surface area contributed by atoms with Crippen molar-refractivity contribution in [3.8, 4) is 0 Å². The molecule has 2 heterocycles. The molecule has 0 spiro atoms. The zero-order valence-electron chi connectivity index (χ0n) is 14.9. The third kappa shape index (κ3) is 3.57. The van der Waals surface area contributed by atoms with E-state index in [9.17, 15) is 27.2 Å². The van der Waals surface area contributed by atoms with Crippen molar-refractivity contribution in [1.29, 1.82) is 0 Å². The number of hydrogen-bond acceptors (Lipinski definition) is 4. The van der Waals surface area contributed by atoms with Gasteiger partial charge in [-0.25, -0.2) is 9.18 Å². The van der Waals surface area contributed by atoms with Crippen LogP contribution < -0.4 is 4.90 Å². The number of carbonyl (C=O) groups is 2. The van der Waals surface area contributed by atoms with Gasteiger partial charge in [-0.1, -0.05) is 12.1 Å². The van der Waals surface area contributed by atoms with E-state index in [1.807, 2.05) is 0 Å². The highest BCUT2D eigenvalue weighted by Gasteiger charge is 2.49. The van der Waals surface area contributed by atoms with E-state index < -0.39 is 35.7 Å². The fourth-order valence-electron chi connectivity index (χ4n) is 3.34. The molecule has 1 unspecified atom stereocenters. The van der Waals surface area contributed by atoms with Crippen LogP contribution in [0.1, 0.15) is 11.1 Å². The lowest BCUT2D eigenvalue weighted by molar-refractivity contribution is -0.534. The van der Waals surface area contributed by atoms with Crippen molar-refractivity contribution in [2.45, 2.75) is 19.0 Å². The standard InChI is InChI=1S/C19H15F4N4O2/c20-14-5-7-15(8-6-14)25-9-10-26-16(28)17(29)27(24-18(25)26)11-12-1-3-13(4-2-12)19(21,22)23/h1-8,18H,9-11H2/q+1. The predicted octanol–water partition coefficient (Wildman–Crippen LogP) is 2.98. The number of azo groups is 2. The second-order valence-corrected chi connectivity index (χ2v) is 6.69. The summed E-state index contributed by atoms with van der Waals surface area (Å²) >= 11 is 0. The van der Waals surface area contributed by atoms with E-state index in [4.69, 9.17) is 0 Å². The summed E-state index contributed by atoms with van der Waals surface area (Å²) in [5.41, 5.74) is 0.241. The Morgan fingerprint density at radius 1 is 0.966 bits per heavy atom. The second kappa shape index (κ2) is 6.94. The Bertz CT molecular complexity index is 987. The van der Waals surface area contributed by atoms with Gasteiger partial charge in [0.2, 0.25) is 6.54 Å². The summed E-state index contributed by atoms with van der Waals surface area (Å²) in [7, 11) is 0. The Labute approximate surface area is 162 Å². The molecule has 0 aromatic heterocycles. The number of rotatable bonds is 3. The number of nitrogens with zero attached hydrogens (tertiary/aromatic N) is 4. The maximum Gasteiger partial charge on any atom is 0.502 e. The molecule has 2 aliphatic heterocycles. The first-order chi connectivity index (χ1) is 13.7. The molecule has 2 aliphatic rings. The van der Waals surface area contributed by atoms with Gasteiger partial charge in [-0.3, -0.25) is 9.69 Å². The van der Waals surface area contributed by atoms with Crippen molar-refractivity contribution in [3.63, 3.8) is 0 Å². The second-order valence-electron chi connectivity index (χ2n) is 6.69. The maximum atomic E-state index is 13.2. The van der Waals surface area contributed by atoms with Crippen molar-refractivity contribution in [1.82, 2.24) is 4.90 Å². The van der Waals surface area contributed by atoms with Crippen LogP contribution in [0.4, 0.5) is 23.2 Å². The normalized spacial score (nSPS) is 19.4. The van der Waals surface area contributed by atoms with E-state index in [0.29, 0.717) is 17.8 Å². The lowest BCUT2D eigenvalue weighted by atomic mass is 10.1. The van der Waals surface area contributed by atoms with Crippen molar-refractivity contribution < 1.29 is 31.8 Å². The Kier molecular flexibility index (Phi) is 4.56. The van der Waals surface area contributed by atoms with E-state index in [2.05, 4.69) is 5.11 Å². The van der Waals surface area contributed by atoms with Gasteiger partial charge in [0, 0.05) is 29.5 Å². The molecule has 2 aromatic carbocycles. The van der Waals surface area contributed by atoms with Crippen LogP contribution in [0, 0.1) is 5.82 Å². The molecule has 4 rings (SSSR count). The summed E-state index contributed by atoms with van der Waals surface area (Å²) in [5, 5.41) is 4.32. The van der Waals surface area contributed by atoms with Gasteiger partial charge >= 0.3 is 18.0 Å². The quantitative estimate of drug-likeness (QED) is 0.447. The molecule has 0 radical (unpaired) electrons. The first-order valence-corrected chi connectivity index (χ1v) is 8.75. The minimum Gasteiger partial charge on any atom is -0.326 e. The Morgan fingerprint density at radius 2 is 1.59 bits per heavy atom. The number of halogens is 4. The fraction of sp³-hybridized carbons (Fsp3) is 0.263. The first-order valence-electron chi connectivity index (χ1n) is 8.75. The molecule has 1 saturated heterocycles. The van der Waals surface area contributed by atoms with Gasteiger partial charge in [0.15, 0.2) is 0 Å². The number of fused-ring (bicyclic) bond motifs is 1. The summed E-state index contributed by atoms with van der Waals surface area (Å²) in [6, 6.07) is 9.99. The van der Waals surface area contributed by atoms with Gasteiger partial charge in [-0.05, 0) is 41.1 Å². The Balaban J connectivity index is 1.61. The predicted molar refractivity (Wildman–Crippen MR) is 92.1 cm³/mol. The van der Waals surface area contributed by atoms with Gasteiger partial charge in [0.05, 0.1) is 5.56 Å². The van der Waals surface area contributed by atoms with Crippen LogP contribution in [0.15, 0.2) is 53.6 Å². The van der Waals surface area contributed by atoms with Crippen LogP contribution in [0.2, 0.25) is 0 Å². The first kappa shape index (κ1) is 19.0. The summed E-state index contributed by atoms with van der Waals surface area (Å²) in [6.07, 6.45) is -5.24. The highest BCUT2D eigenvalue weighted by Crippen LogP contribution is 2.30. The molecule has 6 nitrogen and oxygen atoms in total. The molecule has 0 bridgehead atoms. The lowest BCUT2D eigenvalue weighted by Gasteiger charge is -2.27. The zero-order valence-corrected chi connectivity index (χ0v) is 14.9. The van der Waals surface area contributed by atoms with Crippen molar-refractivity contribution in [3.05, 3.63) is 65.5 Å². The highest BCUT2D eigenvalue weighted by atomic mass is 19.4. The number of amides is 2. The molecule has 1 fully saturated rings. The van der Waals surface area contributed by atoms with Crippen LogP contribution in [0.5, 0.6) is 0 Å². The maximum absolute atomic E-state index is 13.2. The topological polar surface area (TPSA) is 56.0 Å². The van der Waals surface area contributed by atoms with E-state index in [-0.39, 0.29) is 13.1 Å². The van der Waals surface area contributed by atoms with Gasteiger partial charge < -0.3 is 4.90 Å². The average Bonchev–Trinajstić information content (AvgIpc) is 3.10. The van der Waals surface area contributed by atoms with Crippen LogP contribution in [0.3, 0.4) is 0 Å². The van der Waals surface area contributed by atoms with E-state index in [1.54, 1.807) is 17.0 Å². The molecule has 0 aliphatic carbocycles. The molecule has 1 atom stereocenters. The molecule has 2 aromatic rings. The van der Waals surface area contributed by atoms with Gasteiger partial charge in [0.25, 0.3) is 6.29 Å². The van der Waals surface area contributed by atoms with Crippen molar-refractivity contribution in [2.24, 2.45) is 5.11 Å². The summed E-state index contributed by atoms with van der Waals surface area (Å²) in [4.78, 5) is 27.9. The number of hydrogen-bond donors (Lipinski definition) is 0. The average molecular weight is 407 g/mol. The molecule has 29 heavy (non-hydrogen) atoms. The zero-order chi connectivity index (χ0) is 20.8. The largest absolute Gasteiger partial charge is 0.502 e. The van der Waals surface area contributed by atoms with Gasteiger partial charge in [-0.15, -0.1) is 0 Å². The number of anilines is 1. The van der Waals surface area contributed by atoms with E-state index in [0.717, 1.165) is 16.8 Å². The fourth-order valence-corrected chi connectivity index (χ4v) is 3.34. The van der Waals surface area contributed by atoms with Gasteiger partial charge in [-0.2, -0.15) is 13.2 Å². The lowest BCUT2D eigenvalue weighted by Crippen LogP contribution is -2.51. The van der Waals surface area contributed by atoms with Crippen molar-refractivity contribution >= 4 is 17.5 Å². The van der Waals surface area contributed by atoms with E-state index >= 15 is 0 Å².